The van der Waals surface area contributed by atoms with Gasteiger partial charge in [0, 0.05) is 30.7 Å². The van der Waals surface area contributed by atoms with Crippen LogP contribution >= 0.6 is 0 Å². The van der Waals surface area contributed by atoms with Crippen LogP contribution in [0, 0.1) is 5.92 Å². The van der Waals surface area contributed by atoms with Crippen molar-refractivity contribution in [2.24, 2.45) is 5.92 Å². The van der Waals surface area contributed by atoms with E-state index in [1.165, 1.54) is 24.2 Å². The Morgan fingerprint density at radius 1 is 1.30 bits per heavy atom. The van der Waals surface area contributed by atoms with Crippen LogP contribution in [0.15, 0.2) is 18.5 Å². The maximum Gasteiger partial charge on any atom is 0.120 e. The molecule has 0 bridgehead atoms. The number of fused-ring (bicyclic) bond motifs is 1. The van der Waals surface area contributed by atoms with Crippen molar-refractivity contribution >= 4 is 0 Å². The number of imidazole rings is 1. The van der Waals surface area contributed by atoms with Crippen molar-refractivity contribution in [1.82, 2.24) is 25.1 Å². The number of aliphatic hydroxyl groups excluding tert-OH is 1. The third-order valence-electron chi connectivity index (χ3n) is 5.17. The Kier molecular flexibility index (Phi) is 4.18. The van der Waals surface area contributed by atoms with E-state index < -0.39 is 0 Å². The van der Waals surface area contributed by atoms with Gasteiger partial charge in [0.15, 0.2) is 0 Å². The summed E-state index contributed by atoms with van der Waals surface area (Å²) in [4.78, 5) is 8.15. The number of hydrogen-bond acceptors (Lipinski definition) is 4. The highest BCUT2D eigenvalue weighted by Crippen LogP contribution is 2.27. The molecule has 124 valence electrons. The van der Waals surface area contributed by atoms with Gasteiger partial charge in [-0.3, -0.25) is 4.68 Å². The molecule has 2 aliphatic carbocycles. The number of aromatic nitrogens is 4. The van der Waals surface area contributed by atoms with Gasteiger partial charge in [-0.1, -0.05) is 0 Å². The molecule has 0 aliphatic heterocycles. The predicted molar refractivity (Wildman–Crippen MR) is 86.8 cm³/mol. The second-order valence-electron chi connectivity index (χ2n) is 6.94. The van der Waals surface area contributed by atoms with E-state index in [-0.39, 0.29) is 12.1 Å². The fraction of sp³-hybridized carbons (Fsp3) is 0.647. The Hall–Kier alpha value is -1.66. The van der Waals surface area contributed by atoms with Crippen molar-refractivity contribution < 1.29 is 5.11 Å². The Morgan fingerprint density at radius 2 is 2.22 bits per heavy atom. The number of aliphatic hydroxyl groups is 1. The smallest absolute Gasteiger partial charge is 0.120 e. The minimum atomic E-state index is -0.278. The van der Waals surface area contributed by atoms with Gasteiger partial charge in [-0.05, 0) is 50.5 Å². The summed E-state index contributed by atoms with van der Waals surface area (Å²) in [6, 6.07) is 2.09. The first-order valence-electron chi connectivity index (χ1n) is 8.73. The van der Waals surface area contributed by atoms with Crippen LogP contribution in [-0.4, -0.2) is 37.0 Å². The quantitative estimate of drug-likeness (QED) is 0.779. The predicted octanol–water partition coefficient (Wildman–Crippen LogP) is 1.41. The minimum absolute atomic E-state index is 0.151. The zero-order valence-corrected chi connectivity index (χ0v) is 13.4. The highest BCUT2D eigenvalue weighted by atomic mass is 16.3. The molecule has 2 aliphatic rings. The van der Waals surface area contributed by atoms with Crippen LogP contribution in [0.2, 0.25) is 0 Å². The van der Waals surface area contributed by atoms with Crippen molar-refractivity contribution in [2.45, 2.75) is 63.8 Å². The first-order valence-corrected chi connectivity index (χ1v) is 8.73. The second-order valence-corrected chi connectivity index (χ2v) is 6.94. The molecule has 0 aromatic carbocycles. The molecule has 3 N–H and O–H groups in total. The van der Waals surface area contributed by atoms with Gasteiger partial charge in [0.2, 0.25) is 0 Å². The molecule has 0 saturated heterocycles. The maximum absolute atomic E-state index is 10.3. The largest absolute Gasteiger partial charge is 0.391 e. The molecule has 6 nitrogen and oxygen atoms in total. The van der Waals surface area contributed by atoms with Gasteiger partial charge in [0.05, 0.1) is 18.3 Å². The normalized spacial score (nSPS) is 27.3. The molecule has 0 radical (unpaired) electrons. The van der Waals surface area contributed by atoms with Gasteiger partial charge >= 0.3 is 0 Å². The summed E-state index contributed by atoms with van der Waals surface area (Å²) >= 11 is 0. The summed E-state index contributed by atoms with van der Waals surface area (Å²) in [6.07, 6.45) is 10.1. The van der Waals surface area contributed by atoms with E-state index in [1.807, 2.05) is 16.9 Å². The molecule has 0 amide bonds. The van der Waals surface area contributed by atoms with E-state index in [0.717, 1.165) is 38.1 Å². The lowest BCUT2D eigenvalue weighted by Crippen LogP contribution is -2.35. The second kappa shape index (κ2) is 6.45. The van der Waals surface area contributed by atoms with Crippen molar-refractivity contribution in [2.75, 3.05) is 0 Å². The third kappa shape index (κ3) is 3.33. The molecule has 6 heteroatoms. The van der Waals surface area contributed by atoms with Crippen LogP contribution < -0.4 is 5.32 Å². The topological polar surface area (TPSA) is 78.8 Å². The molecular weight excluding hydrogens is 290 g/mol. The third-order valence-corrected chi connectivity index (χ3v) is 5.17. The van der Waals surface area contributed by atoms with Gasteiger partial charge in [-0.25, -0.2) is 4.98 Å². The highest BCUT2D eigenvalue weighted by Gasteiger charge is 2.33. The van der Waals surface area contributed by atoms with E-state index in [1.54, 1.807) is 6.20 Å². The molecule has 2 heterocycles. The van der Waals surface area contributed by atoms with Crippen molar-refractivity contribution in [3.05, 3.63) is 35.7 Å². The Bertz CT molecular complexity index is 612. The number of nitrogens with one attached hydrogen (secondary N) is 2. The molecule has 2 aromatic heterocycles. The fourth-order valence-electron chi connectivity index (χ4n) is 3.98. The first kappa shape index (κ1) is 14.9. The van der Waals surface area contributed by atoms with E-state index in [4.69, 9.17) is 4.98 Å². The fourth-order valence-corrected chi connectivity index (χ4v) is 3.98. The van der Waals surface area contributed by atoms with E-state index in [9.17, 15) is 5.11 Å². The number of rotatable bonds is 5. The Balaban J connectivity index is 1.31. The lowest BCUT2D eigenvalue weighted by Gasteiger charge is -2.15. The highest BCUT2D eigenvalue weighted by molar-refractivity contribution is 5.17. The van der Waals surface area contributed by atoms with Crippen LogP contribution in [-0.2, 0) is 25.9 Å². The summed E-state index contributed by atoms with van der Waals surface area (Å²) in [5, 5.41) is 18.1. The standard InChI is InChI=1S/C17H25N5O/c23-16-9-12(11-22-7-3-6-19-22)8-15(16)18-10-17-20-13-4-1-2-5-14(13)21-17/h3,6-7,12,15-16,18,23H,1-2,4-5,8-11H2,(H,20,21)/t12?,15-,16-/m1/s1. The molecular formula is C17H25N5O. The summed E-state index contributed by atoms with van der Waals surface area (Å²) in [5.74, 6) is 1.49. The van der Waals surface area contributed by atoms with Crippen molar-refractivity contribution in [3.63, 3.8) is 0 Å². The Morgan fingerprint density at radius 3 is 3.04 bits per heavy atom. The molecule has 4 rings (SSSR count). The number of nitrogens with zero attached hydrogens (tertiary/aromatic N) is 3. The van der Waals surface area contributed by atoms with Gasteiger partial charge in [-0.15, -0.1) is 0 Å². The van der Waals surface area contributed by atoms with Gasteiger partial charge in [-0.2, -0.15) is 5.10 Å². The summed E-state index contributed by atoms with van der Waals surface area (Å²) in [7, 11) is 0. The van der Waals surface area contributed by atoms with Gasteiger partial charge < -0.3 is 15.4 Å². The van der Waals surface area contributed by atoms with Gasteiger partial charge in [0.1, 0.15) is 5.82 Å². The summed E-state index contributed by atoms with van der Waals surface area (Å²) in [5.41, 5.74) is 2.56. The van der Waals surface area contributed by atoms with Crippen LogP contribution in [0.25, 0.3) is 0 Å². The zero-order valence-electron chi connectivity index (χ0n) is 13.4. The van der Waals surface area contributed by atoms with E-state index >= 15 is 0 Å². The van der Waals surface area contributed by atoms with Crippen LogP contribution in [0.4, 0.5) is 0 Å². The molecule has 23 heavy (non-hydrogen) atoms. The molecule has 3 atom stereocenters. The van der Waals surface area contributed by atoms with Gasteiger partial charge in [0.25, 0.3) is 0 Å². The van der Waals surface area contributed by atoms with E-state index in [0.29, 0.717) is 12.5 Å². The zero-order chi connectivity index (χ0) is 15.6. The number of aryl methyl sites for hydroxylation is 2. The number of H-pyrrole nitrogens is 1. The van der Waals surface area contributed by atoms with Crippen molar-refractivity contribution in [3.8, 4) is 0 Å². The average Bonchev–Trinajstić information content (AvgIpc) is 3.25. The first-order chi connectivity index (χ1) is 11.3. The van der Waals surface area contributed by atoms with Crippen LogP contribution in [0.3, 0.4) is 0 Å². The maximum atomic E-state index is 10.3. The van der Waals surface area contributed by atoms with Crippen LogP contribution in [0.1, 0.15) is 42.9 Å². The molecule has 1 saturated carbocycles. The minimum Gasteiger partial charge on any atom is -0.391 e. The Labute approximate surface area is 136 Å². The number of aromatic amines is 1. The SMILES string of the molecule is O[C@@H]1CC(Cn2cccn2)C[C@H]1NCc1nc2c([nH]1)CCCC2. The van der Waals surface area contributed by atoms with Crippen LogP contribution in [0.5, 0.6) is 0 Å². The lowest BCUT2D eigenvalue weighted by molar-refractivity contribution is 0.145. The average molecular weight is 315 g/mol. The molecule has 1 unspecified atom stereocenters. The monoisotopic (exact) mass is 315 g/mol. The molecule has 1 fully saturated rings. The number of hydrogen-bond donors (Lipinski definition) is 3. The molecule has 2 aromatic rings. The van der Waals surface area contributed by atoms with Crippen molar-refractivity contribution in [1.29, 1.82) is 0 Å². The lowest BCUT2D eigenvalue weighted by atomic mass is 10.0. The molecule has 0 spiro atoms. The summed E-state index contributed by atoms with van der Waals surface area (Å²) < 4.78 is 1.96. The van der Waals surface area contributed by atoms with E-state index in [2.05, 4.69) is 15.4 Å². The summed E-state index contributed by atoms with van der Waals surface area (Å²) in [6.45, 7) is 1.60.